The lowest BCUT2D eigenvalue weighted by Gasteiger charge is -1.99. The number of benzene rings is 1. The molecule has 0 atom stereocenters. The molecule has 0 N–H and O–H groups in total. The predicted octanol–water partition coefficient (Wildman–Crippen LogP) is 2.04. The van der Waals surface area contributed by atoms with E-state index in [2.05, 4.69) is 4.74 Å². The van der Waals surface area contributed by atoms with Crippen molar-refractivity contribution in [1.82, 2.24) is 0 Å². The van der Waals surface area contributed by atoms with Gasteiger partial charge in [-0.2, -0.15) is 5.26 Å². The minimum atomic E-state index is -0.869. The number of rotatable bonds is 2. The number of hydrogen-bond donors (Lipinski definition) is 0. The van der Waals surface area contributed by atoms with Crippen LogP contribution in [0.1, 0.15) is 5.56 Å². The van der Waals surface area contributed by atoms with Crippen molar-refractivity contribution in [3.05, 3.63) is 41.0 Å². The van der Waals surface area contributed by atoms with Crippen LogP contribution in [0.4, 0.5) is 8.78 Å². The Hall–Kier alpha value is -2.22. The van der Waals surface area contributed by atoms with Gasteiger partial charge in [0.1, 0.15) is 23.3 Å². The third-order valence-corrected chi connectivity index (χ3v) is 1.79. The monoisotopic (exact) mass is 223 g/mol. The molecule has 0 saturated carbocycles. The molecular weight excluding hydrogens is 216 g/mol. The standard InChI is InChI=1S/C11H7F2NO2/c1-16-11(15)8(6-14)4-7-2-3-9(12)5-10(7)13/h2-5H,1H3/b8-4+. The van der Waals surface area contributed by atoms with Crippen molar-refractivity contribution in [2.24, 2.45) is 0 Å². The Balaban J connectivity index is 3.15. The van der Waals surface area contributed by atoms with Gasteiger partial charge < -0.3 is 4.74 Å². The molecule has 0 saturated heterocycles. The highest BCUT2D eigenvalue weighted by Crippen LogP contribution is 2.13. The van der Waals surface area contributed by atoms with Gasteiger partial charge in [0.25, 0.3) is 0 Å². The summed E-state index contributed by atoms with van der Waals surface area (Å²) in [7, 11) is 1.11. The molecule has 0 aliphatic rings. The normalized spacial score (nSPS) is 10.8. The number of carbonyl (C=O) groups is 1. The van der Waals surface area contributed by atoms with E-state index < -0.39 is 17.6 Å². The minimum Gasteiger partial charge on any atom is -0.465 e. The highest BCUT2D eigenvalue weighted by Gasteiger charge is 2.10. The molecule has 0 aliphatic heterocycles. The smallest absolute Gasteiger partial charge is 0.348 e. The molecule has 0 bridgehead atoms. The van der Waals surface area contributed by atoms with Crippen LogP contribution in [0.3, 0.4) is 0 Å². The minimum absolute atomic E-state index is 0.0525. The first-order valence-corrected chi connectivity index (χ1v) is 4.23. The predicted molar refractivity (Wildman–Crippen MR) is 52.0 cm³/mol. The molecule has 5 heteroatoms. The van der Waals surface area contributed by atoms with Gasteiger partial charge in [-0.3, -0.25) is 0 Å². The zero-order valence-corrected chi connectivity index (χ0v) is 8.33. The highest BCUT2D eigenvalue weighted by atomic mass is 19.1. The molecule has 1 aromatic carbocycles. The van der Waals surface area contributed by atoms with Crippen molar-refractivity contribution in [2.75, 3.05) is 7.11 Å². The van der Waals surface area contributed by atoms with Gasteiger partial charge in [-0.15, -0.1) is 0 Å². The van der Waals surface area contributed by atoms with E-state index in [0.29, 0.717) is 6.07 Å². The van der Waals surface area contributed by atoms with E-state index in [1.165, 1.54) is 0 Å². The summed E-state index contributed by atoms with van der Waals surface area (Å²) in [6.45, 7) is 0. The van der Waals surface area contributed by atoms with Crippen LogP contribution in [0.15, 0.2) is 23.8 Å². The summed E-state index contributed by atoms with van der Waals surface area (Å²) in [6, 6.07) is 4.39. The second kappa shape index (κ2) is 5.03. The van der Waals surface area contributed by atoms with Crippen molar-refractivity contribution in [1.29, 1.82) is 5.26 Å². The van der Waals surface area contributed by atoms with E-state index >= 15 is 0 Å². The highest BCUT2D eigenvalue weighted by molar-refractivity contribution is 5.97. The molecule has 0 fully saturated rings. The zero-order chi connectivity index (χ0) is 12.1. The molecule has 82 valence electrons. The van der Waals surface area contributed by atoms with Crippen LogP contribution in [0.25, 0.3) is 6.08 Å². The van der Waals surface area contributed by atoms with Crippen LogP contribution in [0.5, 0.6) is 0 Å². The maximum Gasteiger partial charge on any atom is 0.348 e. The lowest BCUT2D eigenvalue weighted by Crippen LogP contribution is -2.02. The van der Waals surface area contributed by atoms with Crippen LogP contribution in [0.2, 0.25) is 0 Å². The topological polar surface area (TPSA) is 50.1 Å². The molecule has 3 nitrogen and oxygen atoms in total. The van der Waals surface area contributed by atoms with Gasteiger partial charge in [0, 0.05) is 11.6 Å². The number of nitrogens with zero attached hydrogens (tertiary/aromatic N) is 1. The van der Waals surface area contributed by atoms with Gasteiger partial charge in [0.05, 0.1) is 7.11 Å². The summed E-state index contributed by atoms with van der Waals surface area (Å²) in [5.41, 5.74) is -0.406. The number of halogens is 2. The molecule has 1 rings (SSSR count). The van der Waals surface area contributed by atoms with E-state index in [1.807, 2.05) is 0 Å². The second-order valence-corrected chi connectivity index (χ2v) is 2.83. The van der Waals surface area contributed by atoms with Crippen molar-refractivity contribution >= 4 is 12.0 Å². The first-order chi connectivity index (χ1) is 7.58. The van der Waals surface area contributed by atoms with Gasteiger partial charge in [0.15, 0.2) is 0 Å². The van der Waals surface area contributed by atoms with E-state index in [0.717, 1.165) is 25.3 Å². The van der Waals surface area contributed by atoms with Crippen LogP contribution in [-0.2, 0) is 9.53 Å². The van der Waals surface area contributed by atoms with Gasteiger partial charge in [-0.1, -0.05) is 0 Å². The quantitative estimate of drug-likeness (QED) is 0.438. The number of carbonyl (C=O) groups excluding carboxylic acids is 1. The van der Waals surface area contributed by atoms with Crippen LogP contribution < -0.4 is 0 Å². The van der Waals surface area contributed by atoms with Crippen molar-refractivity contribution in [3.63, 3.8) is 0 Å². The van der Waals surface area contributed by atoms with Crippen LogP contribution in [-0.4, -0.2) is 13.1 Å². The van der Waals surface area contributed by atoms with Gasteiger partial charge >= 0.3 is 5.97 Å². The van der Waals surface area contributed by atoms with E-state index in [-0.39, 0.29) is 11.1 Å². The summed E-state index contributed by atoms with van der Waals surface area (Å²) < 4.78 is 30.1. The van der Waals surface area contributed by atoms with Crippen molar-refractivity contribution in [3.8, 4) is 6.07 Å². The second-order valence-electron chi connectivity index (χ2n) is 2.83. The van der Waals surface area contributed by atoms with E-state index in [9.17, 15) is 13.6 Å². The SMILES string of the molecule is COC(=O)/C(C#N)=C/c1ccc(F)cc1F. The first kappa shape index (κ1) is 11.9. The molecule has 0 aromatic heterocycles. The maximum atomic E-state index is 13.2. The fourth-order valence-electron chi connectivity index (χ4n) is 1.02. The number of hydrogen-bond acceptors (Lipinski definition) is 3. The third kappa shape index (κ3) is 2.64. The molecular formula is C11H7F2NO2. The summed E-state index contributed by atoms with van der Waals surface area (Å²) in [6.07, 6.45) is 1.00. The van der Waals surface area contributed by atoms with Crippen LogP contribution in [0, 0.1) is 23.0 Å². The first-order valence-electron chi connectivity index (χ1n) is 4.23. The molecule has 0 amide bonds. The Kier molecular flexibility index (Phi) is 3.72. The van der Waals surface area contributed by atoms with Crippen LogP contribution >= 0.6 is 0 Å². The number of ether oxygens (including phenoxy) is 1. The fraction of sp³-hybridized carbons (Fsp3) is 0.0909. The molecule has 0 heterocycles. The Bertz CT molecular complexity index is 489. The molecule has 0 aliphatic carbocycles. The van der Waals surface area contributed by atoms with Gasteiger partial charge in [-0.05, 0) is 18.2 Å². The maximum absolute atomic E-state index is 13.2. The summed E-state index contributed by atoms with van der Waals surface area (Å²) in [4.78, 5) is 11.0. The molecule has 0 unspecified atom stereocenters. The largest absolute Gasteiger partial charge is 0.465 e. The summed E-state index contributed by atoms with van der Waals surface area (Å²) in [5, 5.41) is 8.62. The summed E-state index contributed by atoms with van der Waals surface area (Å²) >= 11 is 0. The Morgan fingerprint density at radius 3 is 2.69 bits per heavy atom. The Morgan fingerprint density at radius 1 is 1.50 bits per heavy atom. The Morgan fingerprint density at radius 2 is 2.19 bits per heavy atom. The molecule has 0 spiro atoms. The Labute approximate surface area is 90.6 Å². The van der Waals surface area contributed by atoms with Crippen molar-refractivity contribution in [2.45, 2.75) is 0 Å². The van der Waals surface area contributed by atoms with E-state index in [4.69, 9.17) is 5.26 Å². The third-order valence-electron chi connectivity index (χ3n) is 1.79. The fourth-order valence-corrected chi connectivity index (χ4v) is 1.02. The van der Waals surface area contributed by atoms with Crippen molar-refractivity contribution < 1.29 is 18.3 Å². The lowest BCUT2D eigenvalue weighted by atomic mass is 10.1. The zero-order valence-electron chi connectivity index (χ0n) is 8.33. The lowest BCUT2D eigenvalue weighted by molar-refractivity contribution is -0.135. The molecule has 1 aromatic rings. The average Bonchev–Trinajstić information content (AvgIpc) is 2.27. The number of methoxy groups -OCH3 is 1. The molecule has 0 radical (unpaired) electrons. The van der Waals surface area contributed by atoms with Gasteiger partial charge in [0.2, 0.25) is 0 Å². The van der Waals surface area contributed by atoms with Gasteiger partial charge in [-0.25, -0.2) is 13.6 Å². The summed E-state index contributed by atoms with van der Waals surface area (Å²) in [5.74, 6) is -2.45. The van der Waals surface area contributed by atoms with E-state index in [1.54, 1.807) is 6.07 Å². The number of nitriles is 1. The number of esters is 1. The average molecular weight is 223 g/mol. The molecule has 16 heavy (non-hydrogen) atoms.